The van der Waals surface area contributed by atoms with Gasteiger partial charge in [-0.3, -0.25) is 0 Å². The third-order valence-corrected chi connectivity index (χ3v) is 2.52. The number of carboxylic acid groups (broad SMARTS) is 1. The van der Waals surface area contributed by atoms with Crippen molar-refractivity contribution in [1.82, 2.24) is 0 Å². The van der Waals surface area contributed by atoms with Gasteiger partial charge in [-0.1, -0.05) is 0 Å². The number of halogens is 3. The Morgan fingerprint density at radius 3 is 2.48 bits per heavy atom. The number of ether oxygens (including phenoxy) is 1. The molecule has 4 N–H and O–H groups in total. The van der Waals surface area contributed by atoms with Crippen molar-refractivity contribution in [3.63, 3.8) is 0 Å². The Bertz CT molecular complexity index is 541. The number of benzene rings is 1. The lowest BCUT2D eigenvalue weighted by atomic mass is 9.99. The summed E-state index contributed by atoms with van der Waals surface area (Å²) in [5.41, 5.74) is 4.12. The molecule has 0 aromatic heterocycles. The first kappa shape index (κ1) is 19.1. The molecule has 1 aromatic rings. The fraction of sp³-hybridized carbons (Fsp3) is 0.333. The second-order valence-electron chi connectivity index (χ2n) is 3.88. The average molecular weight is 326 g/mol. The van der Waals surface area contributed by atoms with E-state index in [1.165, 1.54) is 6.92 Å². The Labute approximate surface area is 124 Å². The van der Waals surface area contributed by atoms with Gasteiger partial charge in [-0.05, 0) is 19.1 Å². The maximum Gasteiger partial charge on any atom is 0.342 e. The lowest BCUT2D eigenvalue weighted by Crippen LogP contribution is -2.31. The minimum atomic E-state index is -2.36. The number of phenols is 1. The average Bonchev–Trinajstić information content (AvgIpc) is 2.39. The zero-order valence-corrected chi connectivity index (χ0v) is 11.7. The van der Waals surface area contributed by atoms with E-state index >= 15 is 0 Å². The first-order valence-corrected chi connectivity index (χ1v) is 5.61. The third kappa shape index (κ3) is 4.27. The van der Waals surface area contributed by atoms with Crippen molar-refractivity contribution in [3.8, 4) is 5.75 Å². The minimum absolute atomic E-state index is 0. The van der Waals surface area contributed by atoms with Gasteiger partial charge in [0.2, 0.25) is 6.17 Å². The number of carboxylic acids is 1. The molecule has 0 saturated heterocycles. The molecule has 0 aliphatic heterocycles. The van der Waals surface area contributed by atoms with Gasteiger partial charge in [0, 0.05) is 5.56 Å². The molecule has 21 heavy (non-hydrogen) atoms. The zero-order chi connectivity index (χ0) is 15.4. The van der Waals surface area contributed by atoms with Crippen LogP contribution in [0.4, 0.5) is 8.78 Å². The standard InChI is InChI=1S/C12H13F2NO5.ClH/c1-2-20-12(19)8(14)9(15)6-3-5(13)4-7(10(6)16)11(17)18;/h3-4,8-9,16H,2,15H2,1H3,(H,17,18);1H/t8?,9-;/m1./s1. The second-order valence-corrected chi connectivity index (χ2v) is 3.88. The van der Waals surface area contributed by atoms with E-state index in [4.69, 9.17) is 10.8 Å². The van der Waals surface area contributed by atoms with Crippen LogP contribution in [0.2, 0.25) is 0 Å². The number of nitrogens with two attached hydrogens (primary N) is 1. The molecular weight excluding hydrogens is 312 g/mol. The van der Waals surface area contributed by atoms with Gasteiger partial charge in [0.1, 0.15) is 17.1 Å². The fourth-order valence-electron chi connectivity index (χ4n) is 1.56. The van der Waals surface area contributed by atoms with Crippen LogP contribution in [0.25, 0.3) is 0 Å². The van der Waals surface area contributed by atoms with Crippen LogP contribution in [-0.4, -0.2) is 34.9 Å². The van der Waals surface area contributed by atoms with Crippen LogP contribution in [0.1, 0.15) is 28.9 Å². The molecule has 0 fully saturated rings. The Morgan fingerprint density at radius 1 is 1.43 bits per heavy atom. The number of hydrogen-bond acceptors (Lipinski definition) is 5. The summed E-state index contributed by atoms with van der Waals surface area (Å²) < 4.78 is 31.4. The van der Waals surface area contributed by atoms with Crippen molar-refractivity contribution < 1.29 is 33.3 Å². The monoisotopic (exact) mass is 325 g/mol. The molecular formula is C12H14ClF2NO5. The lowest BCUT2D eigenvalue weighted by Gasteiger charge is -2.18. The predicted molar refractivity (Wildman–Crippen MR) is 70.7 cm³/mol. The molecule has 118 valence electrons. The van der Waals surface area contributed by atoms with E-state index < -0.39 is 46.8 Å². The molecule has 1 rings (SSSR count). The third-order valence-electron chi connectivity index (χ3n) is 2.52. The molecule has 0 heterocycles. The van der Waals surface area contributed by atoms with Gasteiger partial charge in [-0.25, -0.2) is 18.4 Å². The van der Waals surface area contributed by atoms with Crippen LogP contribution < -0.4 is 5.73 Å². The van der Waals surface area contributed by atoms with Crippen molar-refractivity contribution in [2.24, 2.45) is 5.73 Å². The van der Waals surface area contributed by atoms with Crippen molar-refractivity contribution in [2.75, 3.05) is 6.61 Å². The largest absolute Gasteiger partial charge is 0.507 e. The van der Waals surface area contributed by atoms with Crippen molar-refractivity contribution in [3.05, 3.63) is 29.1 Å². The van der Waals surface area contributed by atoms with E-state index in [1.807, 2.05) is 0 Å². The van der Waals surface area contributed by atoms with E-state index in [1.54, 1.807) is 0 Å². The van der Waals surface area contributed by atoms with Crippen molar-refractivity contribution >= 4 is 24.3 Å². The summed E-state index contributed by atoms with van der Waals surface area (Å²) in [4.78, 5) is 22.0. The molecule has 1 unspecified atom stereocenters. The van der Waals surface area contributed by atoms with E-state index in [-0.39, 0.29) is 19.0 Å². The highest BCUT2D eigenvalue weighted by molar-refractivity contribution is 5.91. The van der Waals surface area contributed by atoms with Crippen LogP contribution >= 0.6 is 12.4 Å². The maximum atomic E-state index is 13.7. The van der Waals surface area contributed by atoms with Gasteiger partial charge in [-0.2, -0.15) is 0 Å². The summed E-state index contributed by atoms with van der Waals surface area (Å²) in [5, 5.41) is 18.4. The number of esters is 1. The smallest absolute Gasteiger partial charge is 0.342 e. The van der Waals surface area contributed by atoms with Crippen molar-refractivity contribution in [1.29, 1.82) is 0 Å². The molecule has 0 saturated carbocycles. The Morgan fingerprint density at radius 2 is 2.00 bits per heavy atom. The summed E-state index contributed by atoms with van der Waals surface area (Å²) in [6, 6.07) is -0.521. The van der Waals surface area contributed by atoms with E-state index in [0.29, 0.717) is 12.1 Å². The molecule has 0 aliphatic carbocycles. The molecule has 2 atom stereocenters. The van der Waals surface area contributed by atoms with E-state index in [0.717, 1.165) is 0 Å². The fourth-order valence-corrected chi connectivity index (χ4v) is 1.56. The van der Waals surface area contributed by atoms with Gasteiger partial charge in [0.15, 0.2) is 0 Å². The highest BCUT2D eigenvalue weighted by Gasteiger charge is 2.31. The summed E-state index contributed by atoms with van der Waals surface area (Å²) in [5.74, 6) is -4.80. The van der Waals surface area contributed by atoms with Crippen molar-refractivity contribution in [2.45, 2.75) is 19.1 Å². The SMILES string of the molecule is CCOC(=O)C(F)[C@H](N)c1cc(F)cc(C(=O)O)c1O.Cl. The number of aromatic carboxylic acids is 1. The normalized spacial score (nSPS) is 13.0. The van der Waals surface area contributed by atoms with Gasteiger partial charge in [0.25, 0.3) is 0 Å². The van der Waals surface area contributed by atoms with Gasteiger partial charge in [0.05, 0.1) is 12.6 Å². The number of alkyl halides is 1. The maximum absolute atomic E-state index is 13.7. The minimum Gasteiger partial charge on any atom is -0.507 e. The summed E-state index contributed by atoms with van der Waals surface area (Å²) in [6.07, 6.45) is -2.36. The molecule has 6 nitrogen and oxygen atoms in total. The van der Waals surface area contributed by atoms with Gasteiger partial charge < -0.3 is 20.7 Å². The number of hydrogen-bond donors (Lipinski definition) is 3. The summed E-state index contributed by atoms with van der Waals surface area (Å²) in [7, 11) is 0. The van der Waals surface area contributed by atoms with Crippen LogP contribution in [0.3, 0.4) is 0 Å². The Balaban J connectivity index is 0.00000400. The Hall–Kier alpha value is -1.93. The summed E-state index contributed by atoms with van der Waals surface area (Å²) >= 11 is 0. The number of carbonyl (C=O) groups excluding carboxylic acids is 1. The highest BCUT2D eigenvalue weighted by atomic mass is 35.5. The molecule has 0 aliphatic rings. The number of aromatic hydroxyl groups is 1. The first-order valence-electron chi connectivity index (χ1n) is 5.61. The Kier molecular flexibility index (Phi) is 7.04. The van der Waals surface area contributed by atoms with Gasteiger partial charge in [-0.15, -0.1) is 12.4 Å². The topological polar surface area (TPSA) is 110 Å². The zero-order valence-electron chi connectivity index (χ0n) is 10.9. The molecule has 0 spiro atoms. The van der Waals surface area contributed by atoms with Crippen LogP contribution in [0, 0.1) is 5.82 Å². The number of rotatable bonds is 5. The van der Waals surface area contributed by atoms with Gasteiger partial charge >= 0.3 is 11.9 Å². The molecule has 0 amide bonds. The molecule has 9 heteroatoms. The van der Waals surface area contributed by atoms with E-state index in [2.05, 4.69) is 4.74 Å². The van der Waals surface area contributed by atoms with Crippen LogP contribution in [-0.2, 0) is 9.53 Å². The highest BCUT2D eigenvalue weighted by Crippen LogP contribution is 2.31. The second kappa shape index (κ2) is 7.75. The quantitative estimate of drug-likeness (QED) is 0.709. The molecule has 0 radical (unpaired) electrons. The number of carbonyl (C=O) groups is 2. The molecule has 1 aromatic carbocycles. The predicted octanol–water partition coefficient (Wildman–Crippen LogP) is 1.55. The lowest BCUT2D eigenvalue weighted by molar-refractivity contribution is -0.149. The first-order chi connectivity index (χ1) is 9.29. The van der Waals surface area contributed by atoms with E-state index in [9.17, 15) is 23.5 Å². The van der Waals surface area contributed by atoms with Crippen LogP contribution in [0.15, 0.2) is 12.1 Å². The molecule has 0 bridgehead atoms. The van der Waals surface area contributed by atoms with Crippen LogP contribution in [0.5, 0.6) is 5.75 Å². The summed E-state index contributed by atoms with van der Waals surface area (Å²) in [6.45, 7) is 1.37.